The summed E-state index contributed by atoms with van der Waals surface area (Å²) in [6.07, 6.45) is -1.01. The van der Waals surface area contributed by atoms with Crippen molar-refractivity contribution in [1.29, 1.82) is 0 Å². The Balaban J connectivity index is 1.48. The highest BCUT2D eigenvalue weighted by Crippen LogP contribution is 2.32. The summed E-state index contributed by atoms with van der Waals surface area (Å²) in [7, 11) is 0. The number of nitrogens with zero attached hydrogens (tertiary/aromatic N) is 5. The second kappa shape index (κ2) is 8.50. The third-order valence-electron chi connectivity index (χ3n) is 4.85. The van der Waals surface area contributed by atoms with Crippen LogP contribution in [0.15, 0.2) is 41.2 Å². The zero-order valence-corrected chi connectivity index (χ0v) is 16.7. The van der Waals surface area contributed by atoms with Crippen LogP contribution >= 0.6 is 0 Å². The lowest BCUT2D eigenvalue weighted by atomic mass is 10.1. The second-order valence-electron chi connectivity index (χ2n) is 7.14. The number of rotatable bonds is 5. The number of aromatic nitrogens is 4. The number of alkyl halides is 3. The summed E-state index contributed by atoms with van der Waals surface area (Å²) in [5, 5.41) is 7.96. The van der Waals surface area contributed by atoms with Crippen molar-refractivity contribution >= 4 is 5.91 Å². The van der Waals surface area contributed by atoms with E-state index in [0.717, 1.165) is 25.1 Å². The monoisotopic (exact) mass is 435 g/mol. The second-order valence-corrected chi connectivity index (χ2v) is 7.14. The molecule has 3 aromatic rings. The molecule has 3 heterocycles. The number of carbonyl (C=O) groups excluding carboxylic acids is 1. The number of benzene rings is 1. The number of morpholine rings is 1. The summed E-state index contributed by atoms with van der Waals surface area (Å²) in [4.78, 5) is 18.6. The van der Waals surface area contributed by atoms with Crippen LogP contribution in [0.25, 0.3) is 11.4 Å². The number of amides is 1. The van der Waals surface area contributed by atoms with Crippen molar-refractivity contribution in [2.24, 2.45) is 0 Å². The standard InChI is InChI=1S/C20H20F3N5O3/c1-2-6-28-11-14(10-24-28)19(29)27-7-8-30-16(12-27)18-25-17(26-31-18)13-4-3-5-15(9-13)20(21,22)23/h3-5,9-11,16H,2,6-8,12H2,1H3/t16-/m1/s1. The van der Waals surface area contributed by atoms with E-state index in [4.69, 9.17) is 9.26 Å². The normalized spacial score (nSPS) is 17.2. The predicted molar refractivity (Wildman–Crippen MR) is 102 cm³/mol. The summed E-state index contributed by atoms with van der Waals surface area (Å²) in [6.45, 7) is 3.58. The van der Waals surface area contributed by atoms with Crippen molar-refractivity contribution in [3.63, 3.8) is 0 Å². The van der Waals surface area contributed by atoms with Gasteiger partial charge in [-0.3, -0.25) is 9.48 Å². The lowest BCUT2D eigenvalue weighted by Gasteiger charge is -2.30. The van der Waals surface area contributed by atoms with Crippen LogP contribution < -0.4 is 0 Å². The Morgan fingerprint density at radius 1 is 1.32 bits per heavy atom. The summed E-state index contributed by atoms with van der Waals surface area (Å²) < 4.78 is 51.5. The fourth-order valence-electron chi connectivity index (χ4n) is 3.31. The van der Waals surface area contributed by atoms with E-state index in [-0.39, 0.29) is 36.3 Å². The van der Waals surface area contributed by atoms with Crippen LogP contribution in [-0.2, 0) is 17.5 Å². The van der Waals surface area contributed by atoms with Crippen molar-refractivity contribution in [2.75, 3.05) is 19.7 Å². The maximum Gasteiger partial charge on any atom is 0.416 e. The van der Waals surface area contributed by atoms with Crippen molar-refractivity contribution in [3.8, 4) is 11.4 Å². The first-order chi connectivity index (χ1) is 14.8. The number of carbonyl (C=O) groups is 1. The third kappa shape index (κ3) is 4.61. The number of hydrogen-bond donors (Lipinski definition) is 0. The van der Waals surface area contributed by atoms with Crippen LogP contribution in [0.2, 0.25) is 0 Å². The van der Waals surface area contributed by atoms with Gasteiger partial charge < -0.3 is 14.2 Å². The van der Waals surface area contributed by atoms with Gasteiger partial charge in [0.15, 0.2) is 6.10 Å². The molecule has 1 aromatic carbocycles. The minimum atomic E-state index is -4.47. The largest absolute Gasteiger partial charge is 0.416 e. The molecule has 0 unspecified atom stereocenters. The Hall–Kier alpha value is -3.21. The molecule has 4 rings (SSSR count). The van der Waals surface area contributed by atoms with Crippen LogP contribution in [0.1, 0.15) is 41.3 Å². The van der Waals surface area contributed by atoms with Gasteiger partial charge in [0.2, 0.25) is 5.82 Å². The highest BCUT2D eigenvalue weighted by Gasteiger charge is 2.32. The van der Waals surface area contributed by atoms with Gasteiger partial charge in [0.1, 0.15) is 0 Å². The zero-order valence-electron chi connectivity index (χ0n) is 16.7. The molecule has 1 fully saturated rings. The summed E-state index contributed by atoms with van der Waals surface area (Å²) in [5.41, 5.74) is -0.146. The number of hydrogen-bond acceptors (Lipinski definition) is 6. The van der Waals surface area contributed by atoms with E-state index in [1.165, 1.54) is 18.3 Å². The van der Waals surface area contributed by atoms with Crippen molar-refractivity contribution in [3.05, 3.63) is 53.7 Å². The topological polar surface area (TPSA) is 86.3 Å². The Labute approximate surface area is 175 Å². The van der Waals surface area contributed by atoms with E-state index >= 15 is 0 Å². The Morgan fingerprint density at radius 2 is 2.16 bits per heavy atom. The quantitative estimate of drug-likeness (QED) is 0.609. The fraction of sp³-hybridized carbons (Fsp3) is 0.400. The first-order valence-electron chi connectivity index (χ1n) is 9.79. The fourth-order valence-corrected chi connectivity index (χ4v) is 3.31. The number of aryl methyl sites for hydroxylation is 1. The smallest absolute Gasteiger partial charge is 0.365 e. The van der Waals surface area contributed by atoms with Gasteiger partial charge >= 0.3 is 6.18 Å². The van der Waals surface area contributed by atoms with Crippen LogP contribution in [0.4, 0.5) is 13.2 Å². The molecule has 1 aliphatic heterocycles. The van der Waals surface area contributed by atoms with Crippen molar-refractivity contribution in [1.82, 2.24) is 24.8 Å². The van der Waals surface area contributed by atoms with Gasteiger partial charge in [-0.2, -0.15) is 23.3 Å². The Morgan fingerprint density at radius 3 is 2.94 bits per heavy atom. The first kappa shape index (κ1) is 21.0. The Bertz CT molecular complexity index is 1060. The van der Waals surface area contributed by atoms with E-state index in [0.29, 0.717) is 12.1 Å². The molecule has 1 saturated heterocycles. The molecule has 1 atom stereocenters. The van der Waals surface area contributed by atoms with Crippen molar-refractivity contribution in [2.45, 2.75) is 32.2 Å². The summed E-state index contributed by atoms with van der Waals surface area (Å²) in [6, 6.07) is 4.68. The van der Waals surface area contributed by atoms with Crippen LogP contribution in [0, 0.1) is 0 Å². The Kier molecular flexibility index (Phi) is 5.77. The molecule has 8 nitrogen and oxygen atoms in total. The molecular weight excluding hydrogens is 415 g/mol. The molecular formula is C20H20F3N5O3. The molecule has 0 N–H and O–H groups in total. The maximum absolute atomic E-state index is 13.0. The lowest BCUT2D eigenvalue weighted by molar-refractivity contribution is -0.137. The molecule has 0 radical (unpaired) electrons. The van der Waals surface area contributed by atoms with Crippen LogP contribution in [-0.4, -0.2) is 50.4 Å². The van der Waals surface area contributed by atoms with Crippen molar-refractivity contribution < 1.29 is 27.2 Å². The van der Waals surface area contributed by atoms with Gasteiger partial charge in [-0.05, 0) is 18.6 Å². The average Bonchev–Trinajstić information content (AvgIpc) is 3.43. The van der Waals surface area contributed by atoms with Gasteiger partial charge in [-0.25, -0.2) is 0 Å². The molecule has 31 heavy (non-hydrogen) atoms. The number of ether oxygens (including phenoxy) is 1. The lowest BCUT2D eigenvalue weighted by Crippen LogP contribution is -2.42. The van der Waals surface area contributed by atoms with Gasteiger partial charge in [0.25, 0.3) is 11.8 Å². The SMILES string of the molecule is CCCn1cc(C(=O)N2CCO[C@@H](c3nc(-c4cccc(C(F)(F)F)c4)no3)C2)cn1. The first-order valence-corrected chi connectivity index (χ1v) is 9.79. The van der Waals surface area contributed by atoms with Crippen LogP contribution in [0.3, 0.4) is 0 Å². The predicted octanol–water partition coefficient (Wildman–Crippen LogP) is 3.58. The van der Waals surface area contributed by atoms with E-state index in [2.05, 4.69) is 15.2 Å². The molecule has 0 bridgehead atoms. The molecule has 11 heteroatoms. The molecule has 164 valence electrons. The molecule has 0 aliphatic carbocycles. The van der Waals surface area contributed by atoms with E-state index in [1.54, 1.807) is 15.8 Å². The molecule has 0 spiro atoms. The highest BCUT2D eigenvalue weighted by molar-refractivity contribution is 5.93. The average molecular weight is 435 g/mol. The zero-order chi connectivity index (χ0) is 22.0. The van der Waals surface area contributed by atoms with Crippen LogP contribution in [0.5, 0.6) is 0 Å². The van der Waals surface area contributed by atoms with Gasteiger partial charge in [-0.15, -0.1) is 0 Å². The summed E-state index contributed by atoms with van der Waals surface area (Å²) >= 11 is 0. The van der Waals surface area contributed by atoms with Gasteiger partial charge in [0, 0.05) is 24.8 Å². The minimum absolute atomic E-state index is 0.0222. The molecule has 1 amide bonds. The molecule has 1 aliphatic rings. The third-order valence-corrected chi connectivity index (χ3v) is 4.85. The minimum Gasteiger partial charge on any atom is -0.365 e. The van der Waals surface area contributed by atoms with E-state index in [1.807, 2.05) is 6.92 Å². The van der Waals surface area contributed by atoms with E-state index in [9.17, 15) is 18.0 Å². The number of halogens is 3. The molecule has 0 saturated carbocycles. The van der Waals surface area contributed by atoms with Gasteiger partial charge in [-0.1, -0.05) is 24.2 Å². The maximum atomic E-state index is 13.0. The highest BCUT2D eigenvalue weighted by atomic mass is 19.4. The summed E-state index contributed by atoms with van der Waals surface area (Å²) in [5.74, 6) is -0.0612. The molecule has 2 aromatic heterocycles. The van der Waals surface area contributed by atoms with E-state index < -0.39 is 17.8 Å². The van der Waals surface area contributed by atoms with Gasteiger partial charge in [0.05, 0.1) is 30.5 Å².